The van der Waals surface area contributed by atoms with E-state index >= 15 is 0 Å². The van der Waals surface area contributed by atoms with E-state index < -0.39 is 0 Å². The number of hydrogen-bond donors (Lipinski definition) is 1. The molecule has 0 saturated carbocycles. The molecule has 54 valence electrons. The van der Waals surface area contributed by atoms with Gasteiger partial charge in [-0.05, 0) is 12.0 Å². The molecule has 0 radical (unpaired) electrons. The van der Waals surface area contributed by atoms with Crippen molar-refractivity contribution in [1.82, 2.24) is 9.78 Å². The molecule has 0 amide bonds. The lowest BCUT2D eigenvalue weighted by atomic mass is 10.3. The molecule has 10 heavy (non-hydrogen) atoms. The van der Waals surface area contributed by atoms with Crippen molar-refractivity contribution < 1.29 is 5.11 Å². The molecular formula is C7H10N2O. The van der Waals surface area contributed by atoms with Crippen molar-refractivity contribution >= 4 is 6.20 Å². The number of aliphatic hydroxyl groups excluding tert-OH is 1. The highest BCUT2D eigenvalue weighted by atomic mass is 16.2. The molecule has 0 unspecified atom stereocenters. The molecule has 0 spiro atoms. The Balaban J connectivity index is 2.68. The van der Waals surface area contributed by atoms with Crippen molar-refractivity contribution in [3.63, 3.8) is 0 Å². The first kappa shape index (κ1) is 7.02. The molecule has 0 aliphatic heterocycles. The SMILES string of the molecule is C=Cn1cc(CCO)cn1. The van der Waals surface area contributed by atoms with Crippen molar-refractivity contribution in [3.8, 4) is 0 Å². The third kappa shape index (κ3) is 1.45. The summed E-state index contributed by atoms with van der Waals surface area (Å²) in [6, 6.07) is 0. The average molecular weight is 138 g/mol. The molecule has 1 heterocycles. The van der Waals surface area contributed by atoms with Crippen LogP contribution in [0.3, 0.4) is 0 Å². The second-order valence-corrected chi connectivity index (χ2v) is 1.98. The van der Waals surface area contributed by atoms with Gasteiger partial charge in [-0.2, -0.15) is 5.10 Å². The first-order chi connectivity index (χ1) is 4.86. The van der Waals surface area contributed by atoms with E-state index in [0.29, 0.717) is 6.42 Å². The van der Waals surface area contributed by atoms with Gasteiger partial charge >= 0.3 is 0 Å². The minimum atomic E-state index is 0.169. The Labute approximate surface area is 59.6 Å². The molecule has 3 heteroatoms. The Morgan fingerprint density at radius 3 is 3.10 bits per heavy atom. The fraction of sp³-hybridized carbons (Fsp3) is 0.286. The predicted octanol–water partition coefficient (Wildman–Crippen LogP) is 0.518. The summed E-state index contributed by atoms with van der Waals surface area (Å²) in [5.41, 5.74) is 1.03. The predicted molar refractivity (Wildman–Crippen MR) is 39.4 cm³/mol. The molecule has 0 bridgehead atoms. The minimum absolute atomic E-state index is 0.169. The minimum Gasteiger partial charge on any atom is -0.396 e. The monoisotopic (exact) mass is 138 g/mol. The molecular weight excluding hydrogens is 128 g/mol. The lowest BCUT2D eigenvalue weighted by Gasteiger charge is -1.87. The summed E-state index contributed by atoms with van der Waals surface area (Å²) in [6.07, 6.45) is 5.83. The summed E-state index contributed by atoms with van der Waals surface area (Å²) in [6.45, 7) is 3.71. The highest BCUT2D eigenvalue weighted by Crippen LogP contribution is 1.97. The Kier molecular flexibility index (Phi) is 2.23. The maximum Gasteiger partial charge on any atom is 0.0526 e. The van der Waals surface area contributed by atoms with Crippen LogP contribution in [0, 0.1) is 0 Å². The number of hydrogen-bond acceptors (Lipinski definition) is 2. The molecule has 0 saturated heterocycles. The van der Waals surface area contributed by atoms with E-state index in [2.05, 4.69) is 11.7 Å². The first-order valence-electron chi connectivity index (χ1n) is 3.13. The van der Waals surface area contributed by atoms with Gasteiger partial charge in [-0.15, -0.1) is 0 Å². The van der Waals surface area contributed by atoms with Gasteiger partial charge in [0.25, 0.3) is 0 Å². The summed E-state index contributed by atoms with van der Waals surface area (Å²) in [7, 11) is 0. The second kappa shape index (κ2) is 3.17. The zero-order valence-electron chi connectivity index (χ0n) is 5.70. The fourth-order valence-corrected chi connectivity index (χ4v) is 0.735. The molecule has 1 N–H and O–H groups in total. The molecule has 0 aliphatic rings. The third-order valence-corrected chi connectivity index (χ3v) is 1.24. The van der Waals surface area contributed by atoms with E-state index in [1.54, 1.807) is 17.1 Å². The number of aliphatic hydroxyl groups is 1. The van der Waals surface area contributed by atoms with Gasteiger partial charge in [0.2, 0.25) is 0 Å². The van der Waals surface area contributed by atoms with E-state index in [1.165, 1.54) is 0 Å². The highest BCUT2D eigenvalue weighted by Gasteiger charge is 1.93. The number of nitrogens with zero attached hydrogens (tertiary/aromatic N) is 2. The van der Waals surface area contributed by atoms with Crippen LogP contribution in [0.5, 0.6) is 0 Å². The van der Waals surface area contributed by atoms with Gasteiger partial charge in [-0.25, -0.2) is 4.68 Å². The van der Waals surface area contributed by atoms with E-state index in [0.717, 1.165) is 5.56 Å². The van der Waals surface area contributed by atoms with Crippen LogP contribution >= 0.6 is 0 Å². The maximum absolute atomic E-state index is 8.54. The fourth-order valence-electron chi connectivity index (χ4n) is 0.735. The van der Waals surface area contributed by atoms with Gasteiger partial charge in [-0.3, -0.25) is 0 Å². The lowest BCUT2D eigenvalue weighted by molar-refractivity contribution is 0.299. The largest absolute Gasteiger partial charge is 0.396 e. The van der Waals surface area contributed by atoms with Crippen molar-refractivity contribution in [3.05, 3.63) is 24.5 Å². The van der Waals surface area contributed by atoms with Crippen LogP contribution in [0.25, 0.3) is 6.20 Å². The standard InChI is InChI=1S/C7H10N2O/c1-2-9-6-7(3-4-10)5-8-9/h2,5-6,10H,1,3-4H2. The van der Waals surface area contributed by atoms with E-state index in [4.69, 9.17) is 5.11 Å². The smallest absolute Gasteiger partial charge is 0.0526 e. The average Bonchev–Trinajstić information content (AvgIpc) is 2.37. The van der Waals surface area contributed by atoms with Crippen LogP contribution in [-0.2, 0) is 6.42 Å². The molecule has 3 nitrogen and oxygen atoms in total. The van der Waals surface area contributed by atoms with Gasteiger partial charge in [0.1, 0.15) is 0 Å². The third-order valence-electron chi connectivity index (χ3n) is 1.24. The van der Waals surface area contributed by atoms with Crippen LogP contribution in [-0.4, -0.2) is 21.5 Å². The van der Waals surface area contributed by atoms with Crippen LogP contribution in [0.2, 0.25) is 0 Å². The Hall–Kier alpha value is -1.09. The summed E-state index contributed by atoms with van der Waals surface area (Å²) < 4.78 is 1.62. The normalized spacial score (nSPS) is 9.70. The van der Waals surface area contributed by atoms with Gasteiger partial charge in [0.05, 0.1) is 6.20 Å². The van der Waals surface area contributed by atoms with Crippen LogP contribution < -0.4 is 0 Å². The topological polar surface area (TPSA) is 38.0 Å². The zero-order chi connectivity index (χ0) is 7.40. The molecule has 0 aliphatic carbocycles. The molecule has 0 fully saturated rings. The second-order valence-electron chi connectivity index (χ2n) is 1.98. The van der Waals surface area contributed by atoms with Crippen molar-refractivity contribution in [1.29, 1.82) is 0 Å². The summed E-state index contributed by atoms with van der Waals surface area (Å²) in [5.74, 6) is 0. The maximum atomic E-state index is 8.54. The molecule has 1 rings (SSSR count). The zero-order valence-corrected chi connectivity index (χ0v) is 5.70. The molecule has 1 aromatic rings. The molecule has 1 aromatic heterocycles. The molecule has 0 aromatic carbocycles. The van der Waals surface area contributed by atoms with Crippen molar-refractivity contribution in [2.24, 2.45) is 0 Å². The Bertz CT molecular complexity index is 217. The van der Waals surface area contributed by atoms with Crippen LogP contribution in [0.15, 0.2) is 19.0 Å². The summed E-state index contributed by atoms with van der Waals surface area (Å²) >= 11 is 0. The van der Waals surface area contributed by atoms with E-state index in [-0.39, 0.29) is 6.61 Å². The Morgan fingerprint density at radius 2 is 2.60 bits per heavy atom. The van der Waals surface area contributed by atoms with Gasteiger partial charge in [0.15, 0.2) is 0 Å². The van der Waals surface area contributed by atoms with Crippen molar-refractivity contribution in [2.75, 3.05) is 6.61 Å². The lowest BCUT2D eigenvalue weighted by Crippen LogP contribution is -1.87. The Morgan fingerprint density at radius 1 is 1.80 bits per heavy atom. The molecule has 0 atom stereocenters. The quantitative estimate of drug-likeness (QED) is 0.661. The highest BCUT2D eigenvalue weighted by molar-refractivity contribution is 5.17. The first-order valence-corrected chi connectivity index (χ1v) is 3.13. The number of rotatable bonds is 3. The van der Waals surface area contributed by atoms with Gasteiger partial charge < -0.3 is 5.11 Å². The summed E-state index contributed by atoms with van der Waals surface area (Å²) in [4.78, 5) is 0. The van der Waals surface area contributed by atoms with Crippen molar-refractivity contribution in [2.45, 2.75) is 6.42 Å². The van der Waals surface area contributed by atoms with E-state index in [1.807, 2.05) is 6.20 Å². The van der Waals surface area contributed by atoms with E-state index in [9.17, 15) is 0 Å². The van der Waals surface area contributed by atoms with Gasteiger partial charge in [-0.1, -0.05) is 6.58 Å². The number of aromatic nitrogens is 2. The van der Waals surface area contributed by atoms with Gasteiger partial charge in [0, 0.05) is 19.0 Å². The summed E-state index contributed by atoms with van der Waals surface area (Å²) in [5, 5.41) is 12.5. The van der Waals surface area contributed by atoms with Crippen LogP contribution in [0.1, 0.15) is 5.56 Å². The van der Waals surface area contributed by atoms with Crippen LogP contribution in [0.4, 0.5) is 0 Å².